The topological polar surface area (TPSA) is 40.5 Å². The van der Waals surface area contributed by atoms with E-state index in [0.717, 1.165) is 4.90 Å². The Balaban J connectivity index is 2.85. The first-order valence-corrected chi connectivity index (χ1v) is 6.36. The number of carbonyl (C=O) groups is 1. The van der Waals surface area contributed by atoms with Gasteiger partial charge in [-0.05, 0) is 12.1 Å². The summed E-state index contributed by atoms with van der Waals surface area (Å²) in [4.78, 5) is 13.2. The van der Waals surface area contributed by atoms with E-state index in [2.05, 4.69) is 11.8 Å². The molecule has 21 heavy (non-hydrogen) atoms. The molecule has 0 aliphatic rings. The van der Waals surface area contributed by atoms with Crippen molar-refractivity contribution in [2.75, 3.05) is 20.2 Å². The number of halogens is 3. The highest BCUT2D eigenvalue weighted by atomic mass is 19.4. The van der Waals surface area contributed by atoms with E-state index in [9.17, 15) is 18.0 Å². The third-order valence-corrected chi connectivity index (χ3v) is 2.69. The summed E-state index contributed by atoms with van der Waals surface area (Å²) in [6.45, 7) is -0.491. The molecule has 0 aliphatic carbocycles. The van der Waals surface area contributed by atoms with Gasteiger partial charge in [-0.15, -0.1) is 0 Å². The number of benzene rings is 1. The number of alkyl halides is 3. The summed E-state index contributed by atoms with van der Waals surface area (Å²) in [7, 11) is 1.33. The molecule has 3 nitrogen and oxygen atoms in total. The van der Waals surface area contributed by atoms with E-state index in [1.54, 1.807) is 18.2 Å². The monoisotopic (exact) mass is 299 g/mol. The van der Waals surface area contributed by atoms with Crippen molar-refractivity contribution in [2.45, 2.75) is 19.0 Å². The van der Waals surface area contributed by atoms with Crippen molar-refractivity contribution >= 4 is 5.91 Å². The molecule has 0 heterocycles. The molecule has 1 rings (SSSR count). The van der Waals surface area contributed by atoms with Gasteiger partial charge in [-0.1, -0.05) is 24.0 Å². The SMILES string of the molecule is CN(CCC(F)(F)F)C(=O)c1ccccc1C#CCCO. The van der Waals surface area contributed by atoms with Crippen molar-refractivity contribution in [1.29, 1.82) is 0 Å². The normalized spacial score (nSPS) is 10.7. The standard InChI is InChI=1S/C15H16F3NO2/c1-19(10-9-15(16,17)18)14(21)13-8-3-2-6-12(13)7-4-5-11-20/h2-3,6,8,20H,5,9-11H2,1H3. The predicted octanol–water partition coefficient (Wildman–Crippen LogP) is 2.44. The molecular weight excluding hydrogens is 283 g/mol. The molecule has 0 unspecified atom stereocenters. The smallest absolute Gasteiger partial charge is 0.390 e. The van der Waals surface area contributed by atoms with Crippen LogP contribution in [0.3, 0.4) is 0 Å². The van der Waals surface area contributed by atoms with E-state index < -0.39 is 25.0 Å². The molecule has 6 heteroatoms. The highest BCUT2D eigenvalue weighted by molar-refractivity contribution is 5.96. The van der Waals surface area contributed by atoms with Crippen LogP contribution in [0, 0.1) is 11.8 Å². The fourth-order valence-electron chi connectivity index (χ4n) is 1.59. The fourth-order valence-corrected chi connectivity index (χ4v) is 1.59. The van der Waals surface area contributed by atoms with Crippen molar-refractivity contribution in [3.8, 4) is 11.8 Å². The first-order valence-electron chi connectivity index (χ1n) is 6.36. The summed E-state index contributed by atoms with van der Waals surface area (Å²) < 4.78 is 36.5. The number of rotatable bonds is 4. The highest BCUT2D eigenvalue weighted by Gasteiger charge is 2.28. The minimum absolute atomic E-state index is 0.0887. The van der Waals surface area contributed by atoms with Gasteiger partial charge in [0.15, 0.2) is 0 Å². The summed E-state index contributed by atoms with van der Waals surface area (Å²) in [5, 5.41) is 8.67. The van der Waals surface area contributed by atoms with Crippen LogP contribution in [-0.2, 0) is 0 Å². The molecule has 0 aliphatic heterocycles. The van der Waals surface area contributed by atoms with Crippen LogP contribution in [0.25, 0.3) is 0 Å². The largest absolute Gasteiger partial charge is 0.395 e. The molecule has 0 saturated heterocycles. The summed E-state index contributed by atoms with van der Waals surface area (Å²) in [6.07, 6.45) is -5.07. The van der Waals surface area contributed by atoms with Crippen molar-refractivity contribution < 1.29 is 23.1 Å². The lowest BCUT2D eigenvalue weighted by molar-refractivity contribution is -0.136. The second-order valence-corrected chi connectivity index (χ2v) is 4.41. The van der Waals surface area contributed by atoms with Gasteiger partial charge < -0.3 is 10.0 Å². The number of amides is 1. The van der Waals surface area contributed by atoms with Crippen LogP contribution in [0.2, 0.25) is 0 Å². The van der Waals surface area contributed by atoms with Gasteiger partial charge in [0.1, 0.15) is 0 Å². The van der Waals surface area contributed by atoms with E-state index in [1.807, 2.05) is 0 Å². The maximum atomic E-state index is 12.2. The first-order chi connectivity index (χ1) is 9.85. The number of carbonyl (C=O) groups excluding carboxylic acids is 1. The molecule has 1 amide bonds. The van der Waals surface area contributed by atoms with Gasteiger partial charge in [0.2, 0.25) is 0 Å². The molecule has 1 N–H and O–H groups in total. The number of aliphatic hydroxyl groups excluding tert-OH is 1. The highest BCUT2D eigenvalue weighted by Crippen LogP contribution is 2.20. The minimum Gasteiger partial charge on any atom is -0.395 e. The Morgan fingerprint density at radius 1 is 1.33 bits per heavy atom. The number of hydrogen-bond acceptors (Lipinski definition) is 2. The third kappa shape index (κ3) is 5.88. The van der Waals surface area contributed by atoms with E-state index >= 15 is 0 Å². The van der Waals surface area contributed by atoms with Crippen LogP contribution >= 0.6 is 0 Å². The van der Waals surface area contributed by atoms with E-state index in [4.69, 9.17) is 5.11 Å². The predicted molar refractivity (Wildman–Crippen MR) is 72.7 cm³/mol. The van der Waals surface area contributed by atoms with Gasteiger partial charge in [-0.2, -0.15) is 13.2 Å². The van der Waals surface area contributed by atoms with Crippen molar-refractivity contribution in [1.82, 2.24) is 4.90 Å². The van der Waals surface area contributed by atoms with Crippen LogP contribution in [0.1, 0.15) is 28.8 Å². The number of hydrogen-bond donors (Lipinski definition) is 1. The Bertz CT molecular complexity index is 544. The van der Waals surface area contributed by atoms with Gasteiger partial charge in [-0.25, -0.2) is 0 Å². The second-order valence-electron chi connectivity index (χ2n) is 4.41. The molecule has 0 radical (unpaired) electrons. The number of aliphatic hydroxyl groups is 1. The lowest BCUT2D eigenvalue weighted by Gasteiger charge is -2.18. The molecule has 0 bridgehead atoms. The van der Waals surface area contributed by atoms with Crippen LogP contribution in [0.15, 0.2) is 24.3 Å². The van der Waals surface area contributed by atoms with Gasteiger partial charge >= 0.3 is 6.18 Å². The Morgan fingerprint density at radius 2 is 2.00 bits per heavy atom. The Kier molecular flexibility index (Phi) is 6.25. The quantitative estimate of drug-likeness (QED) is 0.868. The Hall–Kier alpha value is -2.00. The molecule has 0 saturated carbocycles. The van der Waals surface area contributed by atoms with E-state index in [0.29, 0.717) is 5.56 Å². The zero-order valence-electron chi connectivity index (χ0n) is 11.6. The first kappa shape index (κ1) is 17.1. The molecule has 0 aromatic heterocycles. The maximum Gasteiger partial charge on any atom is 0.390 e. The van der Waals surface area contributed by atoms with Gasteiger partial charge in [0.05, 0.1) is 18.6 Å². The van der Waals surface area contributed by atoms with Crippen molar-refractivity contribution in [2.24, 2.45) is 0 Å². The van der Waals surface area contributed by atoms with E-state index in [1.165, 1.54) is 13.1 Å². The van der Waals surface area contributed by atoms with Crippen LogP contribution in [-0.4, -0.2) is 42.3 Å². The lowest BCUT2D eigenvalue weighted by Crippen LogP contribution is -2.31. The van der Waals surface area contributed by atoms with Crippen LogP contribution in [0.4, 0.5) is 13.2 Å². The Labute approximate surface area is 121 Å². The lowest BCUT2D eigenvalue weighted by atomic mass is 10.1. The summed E-state index contributed by atoms with van der Waals surface area (Å²) >= 11 is 0. The van der Waals surface area contributed by atoms with E-state index in [-0.39, 0.29) is 18.6 Å². The van der Waals surface area contributed by atoms with Gasteiger partial charge in [0, 0.05) is 25.6 Å². The third-order valence-electron chi connectivity index (χ3n) is 2.69. The Morgan fingerprint density at radius 3 is 2.62 bits per heavy atom. The molecule has 0 fully saturated rings. The molecular formula is C15H16F3NO2. The summed E-state index contributed by atoms with van der Waals surface area (Å²) in [5.74, 6) is 4.93. The fraction of sp³-hybridized carbons (Fsp3) is 0.400. The number of nitrogens with zero attached hydrogens (tertiary/aromatic N) is 1. The van der Waals surface area contributed by atoms with Crippen LogP contribution < -0.4 is 0 Å². The zero-order chi connectivity index (χ0) is 15.9. The summed E-state index contributed by atoms with van der Waals surface area (Å²) in [5.41, 5.74) is 0.697. The van der Waals surface area contributed by atoms with Gasteiger partial charge in [0.25, 0.3) is 5.91 Å². The molecule has 1 aromatic carbocycles. The van der Waals surface area contributed by atoms with Crippen molar-refractivity contribution in [3.05, 3.63) is 35.4 Å². The molecule has 1 aromatic rings. The maximum absolute atomic E-state index is 12.2. The van der Waals surface area contributed by atoms with Crippen molar-refractivity contribution in [3.63, 3.8) is 0 Å². The average Bonchev–Trinajstić information content (AvgIpc) is 2.44. The summed E-state index contributed by atoms with van der Waals surface area (Å²) in [6, 6.07) is 6.46. The molecule has 0 atom stereocenters. The average molecular weight is 299 g/mol. The minimum atomic E-state index is -4.30. The van der Waals surface area contributed by atoms with Crippen LogP contribution in [0.5, 0.6) is 0 Å². The molecule has 114 valence electrons. The molecule has 0 spiro atoms. The van der Waals surface area contributed by atoms with Gasteiger partial charge in [-0.3, -0.25) is 4.79 Å². The second kappa shape index (κ2) is 7.70. The zero-order valence-corrected chi connectivity index (χ0v) is 11.6.